The molecule has 4 rings (SSSR count). The summed E-state index contributed by atoms with van der Waals surface area (Å²) in [5.74, 6) is 0.391. The minimum Gasteiger partial charge on any atom is -0.360 e. The molecule has 4 N–H and O–H groups in total. The number of hydrogen-bond donors (Lipinski definition) is 3. The molecule has 10 heteroatoms. The van der Waals surface area contributed by atoms with E-state index in [4.69, 9.17) is 5.73 Å². The Hall–Kier alpha value is -2.98. The van der Waals surface area contributed by atoms with E-state index in [1.807, 2.05) is 13.0 Å². The van der Waals surface area contributed by atoms with Crippen molar-refractivity contribution in [2.75, 3.05) is 17.2 Å². The lowest BCUT2D eigenvalue weighted by molar-refractivity contribution is -0.137. The molecule has 1 aliphatic rings. The van der Waals surface area contributed by atoms with Crippen molar-refractivity contribution in [1.29, 1.82) is 0 Å². The van der Waals surface area contributed by atoms with Gasteiger partial charge in [0.25, 0.3) is 0 Å². The van der Waals surface area contributed by atoms with Gasteiger partial charge in [-0.25, -0.2) is 9.97 Å². The third-order valence-electron chi connectivity index (χ3n) is 5.26. The first-order chi connectivity index (χ1) is 14.7. The van der Waals surface area contributed by atoms with E-state index in [9.17, 15) is 18.0 Å². The Balaban J connectivity index is 1.37. The third kappa shape index (κ3) is 4.70. The highest BCUT2D eigenvalue weighted by Crippen LogP contribution is 2.33. The lowest BCUT2D eigenvalue weighted by Gasteiger charge is -2.21. The van der Waals surface area contributed by atoms with E-state index in [-0.39, 0.29) is 17.9 Å². The van der Waals surface area contributed by atoms with Crippen LogP contribution in [0.5, 0.6) is 0 Å². The summed E-state index contributed by atoms with van der Waals surface area (Å²) in [4.78, 5) is 21.0. The van der Waals surface area contributed by atoms with Crippen molar-refractivity contribution in [1.82, 2.24) is 9.97 Å². The first-order valence-electron chi connectivity index (χ1n) is 9.62. The Morgan fingerprint density at radius 3 is 2.68 bits per heavy atom. The normalized spacial score (nSPS) is 15.3. The van der Waals surface area contributed by atoms with E-state index < -0.39 is 11.7 Å². The second-order valence-electron chi connectivity index (χ2n) is 7.44. The number of aromatic nitrogens is 2. The summed E-state index contributed by atoms with van der Waals surface area (Å²) in [6, 6.07) is 6.70. The summed E-state index contributed by atoms with van der Waals surface area (Å²) in [5.41, 5.74) is 8.06. The summed E-state index contributed by atoms with van der Waals surface area (Å²) in [6.45, 7) is 2.30. The number of benzene rings is 1. The van der Waals surface area contributed by atoms with Gasteiger partial charge < -0.3 is 16.4 Å². The molecule has 162 valence electrons. The minimum absolute atomic E-state index is 0.0672. The highest BCUT2D eigenvalue weighted by Gasteiger charge is 2.30. The van der Waals surface area contributed by atoms with E-state index in [1.165, 1.54) is 23.5 Å². The second kappa shape index (κ2) is 8.27. The van der Waals surface area contributed by atoms with Crippen LogP contribution in [0.25, 0.3) is 10.4 Å². The molecule has 0 radical (unpaired) electrons. The van der Waals surface area contributed by atoms with E-state index in [0.29, 0.717) is 23.9 Å². The number of pyridine rings is 1. The summed E-state index contributed by atoms with van der Waals surface area (Å²) in [6.07, 6.45) is -0.614. The van der Waals surface area contributed by atoms with Crippen LogP contribution in [0.2, 0.25) is 0 Å². The zero-order valence-electron chi connectivity index (χ0n) is 16.5. The molecule has 0 bridgehead atoms. The Labute approximate surface area is 180 Å². The number of fused-ring (bicyclic) bond motifs is 1. The molecule has 0 unspecified atom stereocenters. The number of amides is 1. The molecule has 1 amide bonds. The van der Waals surface area contributed by atoms with Gasteiger partial charge in [-0.1, -0.05) is 30.4 Å². The summed E-state index contributed by atoms with van der Waals surface area (Å²) >= 11 is 1.44. The molecule has 31 heavy (non-hydrogen) atoms. The largest absolute Gasteiger partial charge is 0.416 e. The Kier molecular flexibility index (Phi) is 5.67. The maximum Gasteiger partial charge on any atom is 0.416 e. The molecule has 3 aromatic rings. The fourth-order valence-corrected chi connectivity index (χ4v) is 4.14. The van der Waals surface area contributed by atoms with Gasteiger partial charge in [0.15, 0.2) is 5.13 Å². The lowest BCUT2D eigenvalue weighted by Crippen LogP contribution is -2.34. The molecule has 6 nitrogen and oxygen atoms in total. The summed E-state index contributed by atoms with van der Waals surface area (Å²) in [5, 5.41) is 6.58. The minimum atomic E-state index is -4.35. The quantitative estimate of drug-likeness (QED) is 0.525. The van der Waals surface area contributed by atoms with E-state index in [0.717, 1.165) is 33.7 Å². The van der Waals surface area contributed by atoms with Crippen LogP contribution in [-0.2, 0) is 17.4 Å². The molecule has 3 heterocycles. The van der Waals surface area contributed by atoms with Gasteiger partial charge in [-0.05, 0) is 29.7 Å². The number of carbonyl (C=O) groups is 1. The zero-order chi connectivity index (χ0) is 22.2. The SMILES string of the molecule is C[C@@H](c1ccc(C(F)(F)F)cc1)[C@H](N)CNc1ncc(-c2cnc3c(c2)CC(=O)N3)s1. The number of halogens is 3. The van der Waals surface area contributed by atoms with Crippen molar-refractivity contribution in [2.45, 2.75) is 31.5 Å². The van der Waals surface area contributed by atoms with Crippen LogP contribution in [0, 0.1) is 0 Å². The average Bonchev–Trinajstić information content (AvgIpc) is 3.35. The van der Waals surface area contributed by atoms with Crippen LogP contribution >= 0.6 is 11.3 Å². The number of anilines is 2. The molecule has 0 saturated carbocycles. The van der Waals surface area contributed by atoms with Gasteiger partial charge in [0.05, 0.1) is 16.9 Å². The fourth-order valence-electron chi connectivity index (χ4n) is 3.34. The number of thiazole rings is 1. The van der Waals surface area contributed by atoms with Crippen molar-refractivity contribution in [3.8, 4) is 10.4 Å². The molecular formula is C21H20F3N5OS. The number of alkyl halides is 3. The van der Waals surface area contributed by atoms with Gasteiger partial charge in [-0.3, -0.25) is 4.79 Å². The first-order valence-corrected chi connectivity index (χ1v) is 10.4. The van der Waals surface area contributed by atoms with Crippen molar-refractivity contribution in [3.05, 3.63) is 59.4 Å². The van der Waals surface area contributed by atoms with Crippen molar-refractivity contribution in [2.24, 2.45) is 5.73 Å². The number of rotatable bonds is 6. The maximum absolute atomic E-state index is 12.7. The Bertz CT molecular complexity index is 1100. The second-order valence-corrected chi connectivity index (χ2v) is 8.47. The predicted octanol–water partition coefficient (Wildman–Crippen LogP) is 4.26. The van der Waals surface area contributed by atoms with Crippen LogP contribution in [-0.4, -0.2) is 28.5 Å². The molecule has 0 aliphatic carbocycles. The van der Waals surface area contributed by atoms with Gasteiger partial charge >= 0.3 is 6.18 Å². The van der Waals surface area contributed by atoms with E-state index in [2.05, 4.69) is 20.6 Å². The Morgan fingerprint density at radius 1 is 1.23 bits per heavy atom. The van der Waals surface area contributed by atoms with Gasteiger partial charge in [-0.15, -0.1) is 0 Å². The average molecular weight is 447 g/mol. The van der Waals surface area contributed by atoms with Crippen LogP contribution < -0.4 is 16.4 Å². The van der Waals surface area contributed by atoms with Crippen molar-refractivity contribution < 1.29 is 18.0 Å². The van der Waals surface area contributed by atoms with Crippen molar-refractivity contribution >= 4 is 28.2 Å². The van der Waals surface area contributed by atoms with Crippen LogP contribution in [0.15, 0.2) is 42.7 Å². The first kappa shape index (κ1) is 21.3. The topological polar surface area (TPSA) is 92.9 Å². The summed E-state index contributed by atoms with van der Waals surface area (Å²) in [7, 11) is 0. The van der Waals surface area contributed by atoms with Gasteiger partial charge in [0, 0.05) is 36.1 Å². The molecule has 0 spiro atoms. The highest BCUT2D eigenvalue weighted by atomic mass is 32.1. The highest BCUT2D eigenvalue weighted by molar-refractivity contribution is 7.18. The molecule has 1 aromatic carbocycles. The van der Waals surface area contributed by atoms with Gasteiger partial charge in [0.1, 0.15) is 5.82 Å². The summed E-state index contributed by atoms with van der Waals surface area (Å²) < 4.78 is 38.2. The lowest BCUT2D eigenvalue weighted by atomic mass is 9.93. The third-order valence-corrected chi connectivity index (χ3v) is 6.26. The van der Waals surface area contributed by atoms with E-state index >= 15 is 0 Å². The van der Waals surface area contributed by atoms with Crippen molar-refractivity contribution in [3.63, 3.8) is 0 Å². The predicted molar refractivity (Wildman–Crippen MR) is 114 cm³/mol. The van der Waals surface area contributed by atoms with Gasteiger partial charge in [0.2, 0.25) is 5.91 Å². The number of nitrogens with two attached hydrogens (primary N) is 1. The van der Waals surface area contributed by atoms with Crippen LogP contribution in [0.4, 0.5) is 24.1 Å². The molecule has 1 aliphatic heterocycles. The number of carbonyl (C=O) groups excluding carboxylic acids is 1. The number of hydrogen-bond acceptors (Lipinski definition) is 6. The standard InChI is InChI=1S/C21H20F3N5OS/c1-11(12-2-4-15(5-3-12)21(22,23)24)16(25)9-27-20-28-10-17(31-20)14-6-13-7-18(30)29-19(13)26-8-14/h2-6,8,10-11,16H,7,9,25H2,1H3,(H,27,28)(H,26,29,30)/t11-,16+/m0/s1. The number of nitrogens with one attached hydrogen (secondary N) is 2. The molecule has 2 atom stereocenters. The molecule has 2 aromatic heterocycles. The number of nitrogens with zero attached hydrogens (tertiary/aromatic N) is 2. The zero-order valence-corrected chi connectivity index (χ0v) is 17.3. The van der Waals surface area contributed by atoms with Gasteiger partial charge in [-0.2, -0.15) is 13.2 Å². The molecule has 0 fully saturated rings. The molecular weight excluding hydrogens is 427 g/mol. The van der Waals surface area contributed by atoms with Crippen LogP contribution in [0.3, 0.4) is 0 Å². The molecule has 0 saturated heterocycles. The van der Waals surface area contributed by atoms with Crippen LogP contribution in [0.1, 0.15) is 29.5 Å². The van der Waals surface area contributed by atoms with E-state index in [1.54, 1.807) is 12.4 Å². The smallest absolute Gasteiger partial charge is 0.360 e. The maximum atomic E-state index is 12.7. The Morgan fingerprint density at radius 2 is 1.97 bits per heavy atom. The fraction of sp³-hybridized carbons (Fsp3) is 0.286. The monoisotopic (exact) mass is 447 g/mol.